The van der Waals surface area contributed by atoms with E-state index in [9.17, 15) is 0 Å². The van der Waals surface area contributed by atoms with Gasteiger partial charge in [-0.15, -0.1) is 0 Å². The molecule has 70 heavy (non-hydrogen) atoms. The summed E-state index contributed by atoms with van der Waals surface area (Å²) in [5.41, 5.74) is 14.5. The van der Waals surface area contributed by atoms with E-state index in [0.717, 1.165) is 99.5 Å². The van der Waals surface area contributed by atoms with Gasteiger partial charge in [-0.3, -0.25) is 0 Å². The largest absolute Gasteiger partial charge is 0.456 e. The Bertz CT molecular complexity index is 4340. The Kier molecular flexibility index (Phi) is 8.10. The van der Waals surface area contributed by atoms with Crippen molar-refractivity contribution in [3.05, 3.63) is 218 Å². The highest BCUT2D eigenvalue weighted by Gasteiger charge is 2.25. The molecular weight excluding hydrogens is 857 g/mol. The summed E-state index contributed by atoms with van der Waals surface area (Å²) in [5, 5.41) is 13.6. The zero-order valence-electron chi connectivity index (χ0n) is 38.4. The molecule has 0 bridgehead atoms. The van der Waals surface area contributed by atoms with Crippen LogP contribution in [0.5, 0.6) is 0 Å². The Morgan fingerprint density at radius 1 is 0.271 bits per heavy atom. The predicted octanol–water partition coefficient (Wildman–Crippen LogP) is 18.0. The molecule has 0 saturated carbocycles. The van der Waals surface area contributed by atoms with Gasteiger partial charge in [-0.05, 0) is 95.7 Å². The van der Waals surface area contributed by atoms with Gasteiger partial charge < -0.3 is 27.8 Å². The van der Waals surface area contributed by atoms with E-state index < -0.39 is 0 Å². The number of anilines is 6. The molecule has 0 amide bonds. The van der Waals surface area contributed by atoms with Gasteiger partial charge >= 0.3 is 0 Å². The first-order valence-corrected chi connectivity index (χ1v) is 23.9. The molecule has 0 fully saturated rings. The molecule has 0 aliphatic rings. The van der Waals surface area contributed by atoms with E-state index in [-0.39, 0.29) is 0 Å². The van der Waals surface area contributed by atoms with Gasteiger partial charge in [-0.2, -0.15) is 0 Å². The predicted molar refractivity (Wildman–Crippen MR) is 293 cm³/mol. The van der Waals surface area contributed by atoms with E-state index >= 15 is 0 Å². The third-order valence-corrected chi connectivity index (χ3v) is 14.9. The lowest BCUT2D eigenvalue weighted by atomic mass is 9.98. The van der Waals surface area contributed by atoms with E-state index in [2.05, 4.69) is 251 Å². The van der Waals surface area contributed by atoms with Gasteiger partial charge in [0, 0.05) is 125 Å². The summed E-state index contributed by atoms with van der Waals surface area (Å²) in [7, 11) is 4.30. The normalized spacial score (nSPS) is 12.1. The maximum absolute atomic E-state index is 7.06. The molecule has 0 atom stereocenters. The average Bonchev–Trinajstić information content (AvgIpc) is 4.13. The highest BCUT2D eigenvalue weighted by Crippen LogP contribution is 2.49. The van der Waals surface area contributed by atoms with Gasteiger partial charge in [0.2, 0.25) is 0 Å². The minimum Gasteiger partial charge on any atom is -0.456 e. The Morgan fingerprint density at radius 2 is 0.629 bits per heavy atom. The molecule has 0 N–H and O–H groups in total. The molecule has 15 rings (SSSR count). The Morgan fingerprint density at radius 3 is 1.06 bits per heavy atom. The van der Waals surface area contributed by atoms with Crippen molar-refractivity contribution in [2.24, 2.45) is 14.1 Å². The Balaban J connectivity index is 0.941. The second-order valence-corrected chi connectivity index (χ2v) is 18.6. The molecular formula is C64H42N4O2. The minimum atomic E-state index is 0.818. The number of furan rings is 2. The van der Waals surface area contributed by atoms with Crippen LogP contribution in [0.25, 0.3) is 109 Å². The second kappa shape index (κ2) is 14.6. The molecule has 0 spiro atoms. The van der Waals surface area contributed by atoms with Crippen LogP contribution >= 0.6 is 0 Å². The SMILES string of the molecule is Cn1c2ccccc2c2cc(N(c3ccccc3)c3cc4oc5cc6c(cc5c4c4ccccc34)oc3cc(N(c4ccccc4)c4ccc5c(c4)c4ccccc4n5C)c4ccccc4c36)ccc21. The van der Waals surface area contributed by atoms with Crippen LogP contribution in [0, 0.1) is 0 Å². The molecule has 330 valence electrons. The number of para-hydroxylation sites is 4. The van der Waals surface area contributed by atoms with Crippen LogP contribution in [0.1, 0.15) is 0 Å². The maximum Gasteiger partial charge on any atom is 0.138 e. The molecule has 6 heteroatoms. The summed E-state index contributed by atoms with van der Waals surface area (Å²) in [6, 6.07) is 78.6. The van der Waals surface area contributed by atoms with Crippen LogP contribution < -0.4 is 9.80 Å². The van der Waals surface area contributed by atoms with E-state index in [1.807, 2.05) is 0 Å². The number of aryl methyl sites for hydroxylation is 2. The highest BCUT2D eigenvalue weighted by molar-refractivity contribution is 6.28. The summed E-state index contributed by atoms with van der Waals surface area (Å²) in [5.74, 6) is 0. The number of hydrogen-bond acceptors (Lipinski definition) is 4. The van der Waals surface area contributed by atoms with Crippen LogP contribution in [-0.2, 0) is 14.1 Å². The van der Waals surface area contributed by atoms with Crippen molar-refractivity contribution in [3.8, 4) is 0 Å². The van der Waals surface area contributed by atoms with Crippen LogP contribution in [0.4, 0.5) is 34.1 Å². The standard InChI is InChI=1S/C64H42N4O2/c1-65-53-27-15-13-23-45(53)49-33-41(29-31-55(49)65)67(39-17-5-3-6-18-39)57-37-61-63(47-25-11-9-21-43(47)57)51-35-60-52(36-59(51)69-61)64-48-26-12-10-22-44(48)58(38-62(64)70-60)68(40-19-7-4-8-20-40)42-30-32-56-50(34-42)46-24-14-16-28-54(46)66(56)2/h3-38H,1-2H3. The lowest BCUT2D eigenvalue weighted by molar-refractivity contribution is 0.664. The molecule has 4 aromatic heterocycles. The van der Waals surface area contributed by atoms with Crippen LogP contribution in [-0.4, -0.2) is 9.13 Å². The van der Waals surface area contributed by atoms with E-state index in [4.69, 9.17) is 8.83 Å². The van der Waals surface area contributed by atoms with Gasteiger partial charge in [-0.25, -0.2) is 0 Å². The average molecular weight is 899 g/mol. The summed E-state index contributed by atoms with van der Waals surface area (Å²) in [6.45, 7) is 0. The fraction of sp³-hybridized carbons (Fsp3) is 0.0312. The summed E-state index contributed by atoms with van der Waals surface area (Å²) in [6.07, 6.45) is 0. The van der Waals surface area contributed by atoms with E-state index in [0.29, 0.717) is 0 Å². The number of fused-ring (bicyclic) bond motifs is 16. The van der Waals surface area contributed by atoms with E-state index in [1.165, 1.54) is 43.6 Å². The molecule has 0 aliphatic heterocycles. The topological polar surface area (TPSA) is 42.6 Å². The molecule has 11 aromatic carbocycles. The number of benzene rings is 11. The molecule has 6 nitrogen and oxygen atoms in total. The van der Waals surface area contributed by atoms with Gasteiger partial charge in [0.25, 0.3) is 0 Å². The summed E-state index contributed by atoms with van der Waals surface area (Å²) < 4.78 is 18.7. The van der Waals surface area contributed by atoms with Crippen molar-refractivity contribution in [1.82, 2.24) is 9.13 Å². The summed E-state index contributed by atoms with van der Waals surface area (Å²) in [4.78, 5) is 4.75. The molecule has 4 heterocycles. The smallest absolute Gasteiger partial charge is 0.138 e. The molecule has 0 radical (unpaired) electrons. The van der Waals surface area contributed by atoms with Gasteiger partial charge in [-0.1, -0.05) is 121 Å². The third-order valence-electron chi connectivity index (χ3n) is 14.9. The van der Waals surface area contributed by atoms with E-state index in [1.54, 1.807) is 0 Å². The fourth-order valence-electron chi connectivity index (χ4n) is 11.7. The van der Waals surface area contributed by atoms with Crippen molar-refractivity contribution in [3.63, 3.8) is 0 Å². The summed E-state index contributed by atoms with van der Waals surface area (Å²) >= 11 is 0. The first kappa shape index (κ1) is 38.8. The lowest BCUT2D eigenvalue weighted by Gasteiger charge is -2.27. The molecule has 0 aliphatic carbocycles. The van der Waals surface area contributed by atoms with Crippen LogP contribution in [0.2, 0.25) is 0 Å². The first-order chi connectivity index (χ1) is 34.6. The number of hydrogen-bond donors (Lipinski definition) is 0. The van der Waals surface area contributed by atoms with Crippen LogP contribution in [0.3, 0.4) is 0 Å². The third kappa shape index (κ3) is 5.50. The van der Waals surface area contributed by atoms with Crippen molar-refractivity contribution in [2.75, 3.05) is 9.80 Å². The van der Waals surface area contributed by atoms with Crippen LogP contribution in [0.15, 0.2) is 227 Å². The first-order valence-electron chi connectivity index (χ1n) is 23.9. The van der Waals surface area contributed by atoms with Gasteiger partial charge in [0.15, 0.2) is 0 Å². The monoisotopic (exact) mass is 898 g/mol. The molecule has 15 aromatic rings. The molecule has 0 unspecified atom stereocenters. The number of rotatable bonds is 6. The number of nitrogens with zero attached hydrogens (tertiary/aromatic N) is 4. The Hall–Kier alpha value is -9.26. The maximum atomic E-state index is 7.06. The van der Waals surface area contributed by atoms with Crippen molar-refractivity contribution in [2.45, 2.75) is 0 Å². The zero-order chi connectivity index (χ0) is 46.2. The minimum absolute atomic E-state index is 0.818. The fourth-order valence-corrected chi connectivity index (χ4v) is 11.7. The Labute approximate surface area is 401 Å². The van der Waals surface area contributed by atoms with Crippen molar-refractivity contribution >= 4 is 143 Å². The lowest BCUT2D eigenvalue weighted by Crippen LogP contribution is -2.10. The zero-order valence-corrected chi connectivity index (χ0v) is 38.4. The molecule has 0 saturated heterocycles. The quantitative estimate of drug-likeness (QED) is 0.167. The highest BCUT2D eigenvalue weighted by atomic mass is 16.3. The van der Waals surface area contributed by atoms with Gasteiger partial charge in [0.05, 0.1) is 11.4 Å². The number of aromatic nitrogens is 2. The van der Waals surface area contributed by atoms with Gasteiger partial charge in [0.1, 0.15) is 22.3 Å². The van der Waals surface area contributed by atoms with Crippen molar-refractivity contribution in [1.29, 1.82) is 0 Å². The second-order valence-electron chi connectivity index (χ2n) is 18.6. The van der Waals surface area contributed by atoms with Crippen molar-refractivity contribution < 1.29 is 8.83 Å².